The van der Waals surface area contributed by atoms with E-state index in [2.05, 4.69) is 4.90 Å². The molecular formula is C13H17FN2O3. The molecule has 0 spiro atoms. The lowest BCUT2D eigenvalue weighted by Gasteiger charge is -2.33. The highest BCUT2D eigenvalue weighted by Gasteiger charge is 2.18. The Kier molecular flexibility index (Phi) is 4.34. The van der Waals surface area contributed by atoms with Crippen LogP contribution in [0.2, 0.25) is 0 Å². The van der Waals surface area contributed by atoms with Gasteiger partial charge in [-0.2, -0.15) is 0 Å². The van der Waals surface area contributed by atoms with Crippen LogP contribution < -0.4 is 0 Å². The highest BCUT2D eigenvalue weighted by molar-refractivity contribution is 5.69. The van der Waals surface area contributed by atoms with E-state index in [1.165, 1.54) is 12.1 Å². The van der Waals surface area contributed by atoms with E-state index in [1.54, 1.807) is 6.07 Å². The summed E-state index contributed by atoms with van der Waals surface area (Å²) in [4.78, 5) is 14.6. The number of aliphatic carboxylic acids is 1. The Balaban J connectivity index is 1.85. The number of phenolic OH excluding ortho intramolecular Hbond substituents is 1. The minimum absolute atomic E-state index is 0.0711. The summed E-state index contributed by atoms with van der Waals surface area (Å²) in [5.74, 6) is -1.76. The fraction of sp³-hybridized carbons (Fsp3) is 0.462. The molecule has 0 atom stereocenters. The van der Waals surface area contributed by atoms with Crippen molar-refractivity contribution in [3.8, 4) is 5.75 Å². The average molecular weight is 268 g/mol. The Hall–Kier alpha value is -1.66. The van der Waals surface area contributed by atoms with Gasteiger partial charge in [0.1, 0.15) is 0 Å². The van der Waals surface area contributed by atoms with Crippen LogP contribution in [0.5, 0.6) is 5.75 Å². The Morgan fingerprint density at radius 3 is 2.42 bits per heavy atom. The minimum atomic E-state index is -0.811. The largest absolute Gasteiger partial charge is 0.505 e. The molecule has 6 heteroatoms. The molecule has 1 heterocycles. The quantitative estimate of drug-likeness (QED) is 0.843. The number of aromatic hydroxyl groups is 1. The van der Waals surface area contributed by atoms with Crippen molar-refractivity contribution in [1.29, 1.82) is 0 Å². The summed E-state index contributed by atoms with van der Waals surface area (Å²) in [7, 11) is 0. The normalized spacial score (nSPS) is 17.5. The van der Waals surface area contributed by atoms with Crippen LogP contribution in [-0.2, 0) is 11.3 Å². The third-order valence-electron chi connectivity index (χ3n) is 3.24. The van der Waals surface area contributed by atoms with E-state index in [-0.39, 0.29) is 12.3 Å². The third-order valence-corrected chi connectivity index (χ3v) is 3.24. The van der Waals surface area contributed by atoms with E-state index in [1.807, 2.05) is 4.90 Å². The topological polar surface area (TPSA) is 64.0 Å². The number of hydrogen-bond acceptors (Lipinski definition) is 4. The van der Waals surface area contributed by atoms with Crippen molar-refractivity contribution in [2.24, 2.45) is 0 Å². The van der Waals surface area contributed by atoms with Crippen molar-refractivity contribution in [1.82, 2.24) is 9.80 Å². The van der Waals surface area contributed by atoms with Gasteiger partial charge < -0.3 is 10.2 Å². The number of benzene rings is 1. The van der Waals surface area contributed by atoms with Crippen molar-refractivity contribution >= 4 is 5.97 Å². The summed E-state index contributed by atoms with van der Waals surface area (Å²) < 4.78 is 13.2. The fourth-order valence-corrected chi connectivity index (χ4v) is 2.20. The molecule has 0 aromatic heterocycles. The number of carboxylic acid groups (broad SMARTS) is 1. The number of carboxylic acids is 1. The molecule has 1 saturated heterocycles. The van der Waals surface area contributed by atoms with E-state index in [4.69, 9.17) is 10.2 Å². The molecule has 2 N–H and O–H groups in total. The standard InChI is InChI=1S/C13H17FN2O3/c14-11-7-10(1-2-12(11)17)8-15-3-5-16(6-4-15)9-13(18)19/h1-2,7,17H,3-6,8-9H2,(H,18,19). The molecular weight excluding hydrogens is 251 g/mol. The summed E-state index contributed by atoms with van der Waals surface area (Å²) in [5, 5.41) is 17.8. The molecule has 1 aromatic rings. The average Bonchev–Trinajstić information content (AvgIpc) is 2.36. The second kappa shape index (κ2) is 5.99. The molecule has 1 aliphatic rings. The highest BCUT2D eigenvalue weighted by atomic mass is 19.1. The number of piperazine rings is 1. The molecule has 0 bridgehead atoms. The number of carbonyl (C=O) groups is 1. The van der Waals surface area contributed by atoms with E-state index < -0.39 is 11.8 Å². The molecule has 104 valence electrons. The number of hydrogen-bond donors (Lipinski definition) is 2. The number of phenols is 1. The third kappa shape index (κ3) is 3.90. The Morgan fingerprint density at radius 1 is 1.21 bits per heavy atom. The van der Waals surface area contributed by atoms with Crippen molar-refractivity contribution in [3.63, 3.8) is 0 Å². The second-order valence-corrected chi connectivity index (χ2v) is 4.73. The van der Waals surface area contributed by atoms with Gasteiger partial charge in [-0.15, -0.1) is 0 Å². The maximum Gasteiger partial charge on any atom is 0.317 e. The molecule has 0 amide bonds. The van der Waals surface area contributed by atoms with Crippen molar-refractivity contribution in [2.45, 2.75) is 6.54 Å². The SMILES string of the molecule is O=C(O)CN1CCN(Cc2ccc(O)c(F)c2)CC1. The molecule has 0 unspecified atom stereocenters. The summed E-state index contributed by atoms with van der Waals surface area (Å²) in [5.41, 5.74) is 0.807. The Morgan fingerprint density at radius 2 is 1.84 bits per heavy atom. The number of rotatable bonds is 4. The first kappa shape index (κ1) is 13.8. The van der Waals surface area contributed by atoms with Gasteiger partial charge in [0.25, 0.3) is 0 Å². The molecule has 1 aromatic carbocycles. The molecule has 0 saturated carbocycles. The number of nitrogens with zero attached hydrogens (tertiary/aromatic N) is 2. The second-order valence-electron chi connectivity index (χ2n) is 4.73. The van der Waals surface area contributed by atoms with Gasteiger partial charge in [0.05, 0.1) is 6.54 Å². The molecule has 1 fully saturated rings. The van der Waals surface area contributed by atoms with Gasteiger partial charge in [0.2, 0.25) is 0 Å². The van der Waals surface area contributed by atoms with E-state index in [9.17, 15) is 9.18 Å². The van der Waals surface area contributed by atoms with Crippen LogP contribution in [-0.4, -0.2) is 58.7 Å². The van der Waals surface area contributed by atoms with Gasteiger partial charge in [-0.1, -0.05) is 6.07 Å². The van der Waals surface area contributed by atoms with Crippen LogP contribution in [0.25, 0.3) is 0 Å². The minimum Gasteiger partial charge on any atom is -0.505 e. The van der Waals surface area contributed by atoms with Crippen molar-refractivity contribution in [3.05, 3.63) is 29.6 Å². The molecule has 0 aliphatic carbocycles. The first-order valence-electron chi connectivity index (χ1n) is 6.18. The zero-order valence-electron chi connectivity index (χ0n) is 10.5. The number of halogens is 1. The van der Waals surface area contributed by atoms with Crippen LogP contribution >= 0.6 is 0 Å². The molecule has 5 nitrogen and oxygen atoms in total. The van der Waals surface area contributed by atoms with E-state index >= 15 is 0 Å². The van der Waals surface area contributed by atoms with Gasteiger partial charge in [0, 0.05) is 32.7 Å². The van der Waals surface area contributed by atoms with Crippen molar-refractivity contribution < 1.29 is 19.4 Å². The first-order valence-corrected chi connectivity index (χ1v) is 6.18. The molecule has 0 radical (unpaired) electrons. The maximum atomic E-state index is 13.2. The first-order chi connectivity index (χ1) is 9.04. The molecule has 19 heavy (non-hydrogen) atoms. The maximum absolute atomic E-state index is 13.2. The summed E-state index contributed by atoms with van der Waals surface area (Å²) >= 11 is 0. The van der Waals surface area contributed by atoms with Gasteiger partial charge in [0.15, 0.2) is 11.6 Å². The lowest BCUT2D eigenvalue weighted by Crippen LogP contribution is -2.47. The van der Waals surface area contributed by atoms with Gasteiger partial charge in [-0.3, -0.25) is 14.6 Å². The van der Waals surface area contributed by atoms with Crippen LogP contribution in [0.1, 0.15) is 5.56 Å². The zero-order chi connectivity index (χ0) is 13.8. The summed E-state index contributed by atoms with van der Waals surface area (Å²) in [6.07, 6.45) is 0. The predicted molar refractivity (Wildman–Crippen MR) is 67.4 cm³/mol. The predicted octanol–water partition coefficient (Wildman–Crippen LogP) is 0.734. The highest BCUT2D eigenvalue weighted by Crippen LogP contribution is 2.17. The van der Waals surface area contributed by atoms with E-state index in [0.717, 1.165) is 18.7 Å². The fourth-order valence-electron chi connectivity index (χ4n) is 2.20. The molecule has 1 aliphatic heterocycles. The Labute approximate surface area is 110 Å². The monoisotopic (exact) mass is 268 g/mol. The van der Waals surface area contributed by atoms with Crippen LogP contribution in [0.4, 0.5) is 4.39 Å². The summed E-state index contributed by atoms with van der Waals surface area (Å²) in [6, 6.07) is 4.38. The van der Waals surface area contributed by atoms with Gasteiger partial charge >= 0.3 is 5.97 Å². The lowest BCUT2D eigenvalue weighted by molar-refractivity contribution is -0.138. The van der Waals surface area contributed by atoms with Crippen molar-refractivity contribution in [2.75, 3.05) is 32.7 Å². The van der Waals surface area contributed by atoms with Crippen LogP contribution in [0.3, 0.4) is 0 Å². The smallest absolute Gasteiger partial charge is 0.317 e. The molecule has 2 rings (SSSR count). The zero-order valence-corrected chi connectivity index (χ0v) is 10.5. The van der Waals surface area contributed by atoms with Crippen LogP contribution in [0, 0.1) is 5.82 Å². The Bertz CT molecular complexity index is 459. The summed E-state index contributed by atoms with van der Waals surface area (Å²) in [6.45, 7) is 3.60. The lowest BCUT2D eigenvalue weighted by atomic mass is 10.2. The van der Waals surface area contributed by atoms with Gasteiger partial charge in [-0.25, -0.2) is 4.39 Å². The van der Waals surface area contributed by atoms with E-state index in [0.29, 0.717) is 19.6 Å². The van der Waals surface area contributed by atoms with Crippen LogP contribution in [0.15, 0.2) is 18.2 Å². The van der Waals surface area contributed by atoms with Gasteiger partial charge in [-0.05, 0) is 17.7 Å².